The highest BCUT2D eigenvalue weighted by atomic mass is 32.2. The van der Waals surface area contributed by atoms with Gasteiger partial charge in [0.2, 0.25) is 10.0 Å². The SMILES string of the molecule is O=S(=O)(NCC1CCC(CNC2CCCCC2)CC1)c1ccccc1. The molecule has 0 aromatic heterocycles. The molecule has 0 atom stereocenters. The molecule has 0 aliphatic heterocycles. The number of nitrogens with one attached hydrogen (secondary N) is 2. The van der Waals surface area contributed by atoms with Gasteiger partial charge in [-0.05, 0) is 69.0 Å². The lowest BCUT2D eigenvalue weighted by atomic mass is 9.82. The molecule has 0 radical (unpaired) electrons. The van der Waals surface area contributed by atoms with Crippen molar-refractivity contribution in [2.45, 2.75) is 68.7 Å². The first-order valence-electron chi connectivity index (χ1n) is 9.91. The van der Waals surface area contributed by atoms with Gasteiger partial charge in [0.05, 0.1) is 4.90 Å². The van der Waals surface area contributed by atoms with Crippen LogP contribution in [0.3, 0.4) is 0 Å². The molecule has 0 heterocycles. The molecule has 0 unspecified atom stereocenters. The topological polar surface area (TPSA) is 58.2 Å². The number of sulfonamides is 1. The Hall–Kier alpha value is -0.910. The highest BCUT2D eigenvalue weighted by Crippen LogP contribution is 2.29. The molecule has 2 aliphatic carbocycles. The number of benzene rings is 1. The lowest BCUT2D eigenvalue weighted by Gasteiger charge is -2.31. The summed E-state index contributed by atoms with van der Waals surface area (Å²) in [7, 11) is -3.36. The fraction of sp³-hybridized carbons (Fsp3) is 0.700. The van der Waals surface area contributed by atoms with E-state index in [4.69, 9.17) is 0 Å². The van der Waals surface area contributed by atoms with Gasteiger partial charge in [-0.2, -0.15) is 0 Å². The van der Waals surface area contributed by atoms with E-state index >= 15 is 0 Å². The summed E-state index contributed by atoms with van der Waals surface area (Å²) in [5.74, 6) is 1.24. The minimum absolute atomic E-state index is 0.361. The van der Waals surface area contributed by atoms with Gasteiger partial charge in [-0.3, -0.25) is 0 Å². The second-order valence-corrected chi connectivity index (χ2v) is 9.56. The molecule has 5 heteroatoms. The largest absolute Gasteiger partial charge is 0.314 e. The predicted octanol–water partition coefficient (Wildman–Crippen LogP) is 3.69. The van der Waals surface area contributed by atoms with Crippen LogP contribution in [0.2, 0.25) is 0 Å². The van der Waals surface area contributed by atoms with Gasteiger partial charge in [0, 0.05) is 12.6 Å². The molecular formula is C20H32N2O2S. The van der Waals surface area contributed by atoms with Gasteiger partial charge >= 0.3 is 0 Å². The molecular weight excluding hydrogens is 332 g/mol. The Morgan fingerprint density at radius 1 is 0.800 bits per heavy atom. The smallest absolute Gasteiger partial charge is 0.240 e. The van der Waals surface area contributed by atoms with Crippen LogP contribution in [0.25, 0.3) is 0 Å². The first-order valence-corrected chi connectivity index (χ1v) is 11.4. The number of rotatable bonds is 7. The molecule has 4 nitrogen and oxygen atoms in total. The Morgan fingerprint density at radius 3 is 2.04 bits per heavy atom. The van der Waals surface area contributed by atoms with Crippen molar-refractivity contribution in [1.82, 2.24) is 10.0 Å². The Morgan fingerprint density at radius 2 is 1.40 bits per heavy atom. The van der Waals surface area contributed by atoms with E-state index in [0.717, 1.165) is 31.3 Å². The highest BCUT2D eigenvalue weighted by molar-refractivity contribution is 7.89. The number of hydrogen-bond donors (Lipinski definition) is 2. The third-order valence-electron chi connectivity index (χ3n) is 5.88. The van der Waals surface area contributed by atoms with E-state index in [1.165, 1.54) is 44.9 Å². The third kappa shape index (κ3) is 5.80. The summed E-state index contributed by atoms with van der Waals surface area (Å²) in [6, 6.07) is 9.40. The average Bonchev–Trinajstić information content (AvgIpc) is 2.67. The maximum Gasteiger partial charge on any atom is 0.240 e. The summed E-state index contributed by atoms with van der Waals surface area (Å²) in [5.41, 5.74) is 0. The number of hydrogen-bond acceptors (Lipinski definition) is 3. The summed E-state index contributed by atoms with van der Waals surface area (Å²) in [6.07, 6.45) is 11.6. The summed E-state index contributed by atoms with van der Waals surface area (Å²) in [4.78, 5) is 0.361. The van der Waals surface area contributed by atoms with E-state index in [1.807, 2.05) is 6.07 Å². The molecule has 2 saturated carbocycles. The lowest BCUT2D eigenvalue weighted by molar-refractivity contribution is 0.252. The van der Waals surface area contributed by atoms with E-state index in [9.17, 15) is 8.42 Å². The standard InChI is InChI=1S/C20H32N2O2S/c23-25(24,20-9-5-2-6-10-20)22-16-18-13-11-17(12-14-18)15-21-19-7-3-1-4-8-19/h2,5-6,9-10,17-19,21-22H,1,3-4,7-8,11-16H2. The van der Waals surface area contributed by atoms with Gasteiger partial charge < -0.3 is 5.32 Å². The Labute approximate surface area is 152 Å². The van der Waals surface area contributed by atoms with Crippen molar-refractivity contribution in [2.75, 3.05) is 13.1 Å². The van der Waals surface area contributed by atoms with Crippen LogP contribution in [0, 0.1) is 11.8 Å². The van der Waals surface area contributed by atoms with E-state index in [2.05, 4.69) is 10.0 Å². The van der Waals surface area contributed by atoms with Crippen molar-refractivity contribution < 1.29 is 8.42 Å². The van der Waals surface area contributed by atoms with Crippen molar-refractivity contribution in [1.29, 1.82) is 0 Å². The first kappa shape index (κ1) is 18.9. The Bertz CT molecular complexity index is 604. The van der Waals surface area contributed by atoms with Crippen LogP contribution in [0.4, 0.5) is 0 Å². The fourth-order valence-corrected chi connectivity index (χ4v) is 5.33. The van der Waals surface area contributed by atoms with Gasteiger partial charge in [-0.1, -0.05) is 37.5 Å². The van der Waals surface area contributed by atoms with E-state index < -0.39 is 10.0 Å². The third-order valence-corrected chi connectivity index (χ3v) is 7.32. The van der Waals surface area contributed by atoms with Gasteiger partial charge in [0.1, 0.15) is 0 Å². The predicted molar refractivity (Wildman–Crippen MR) is 102 cm³/mol. The van der Waals surface area contributed by atoms with E-state index in [-0.39, 0.29) is 0 Å². The van der Waals surface area contributed by atoms with Crippen LogP contribution in [0.1, 0.15) is 57.8 Å². The van der Waals surface area contributed by atoms with Gasteiger partial charge in [-0.25, -0.2) is 13.1 Å². The van der Waals surface area contributed by atoms with Gasteiger partial charge in [0.25, 0.3) is 0 Å². The summed E-state index contributed by atoms with van der Waals surface area (Å²) < 4.78 is 27.4. The first-order chi connectivity index (χ1) is 12.1. The van der Waals surface area contributed by atoms with Crippen molar-refractivity contribution >= 4 is 10.0 Å². The molecule has 0 spiro atoms. The maximum atomic E-state index is 12.3. The lowest BCUT2D eigenvalue weighted by Crippen LogP contribution is -2.37. The molecule has 2 fully saturated rings. The summed E-state index contributed by atoms with van der Waals surface area (Å²) in [5, 5.41) is 3.77. The van der Waals surface area contributed by atoms with Gasteiger partial charge in [0.15, 0.2) is 0 Å². The van der Waals surface area contributed by atoms with E-state index in [0.29, 0.717) is 17.4 Å². The molecule has 2 aliphatic rings. The quantitative estimate of drug-likeness (QED) is 0.776. The van der Waals surface area contributed by atoms with Crippen LogP contribution >= 0.6 is 0 Å². The van der Waals surface area contributed by atoms with Crippen LogP contribution in [0.15, 0.2) is 35.2 Å². The van der Waals surface area contributed by atoms with Crippen LogP contribution < -0.4 is 10.0 Å². The molecule has 1 aromatic rings. The van der Waals surface area contributed by atoms with Crippen molar-refractivity contribution in [3.63, 3.8) is 0 Å². The minimum Gasteiger partial charge on any atom is -0.314 e. The minimum atomic E-state index is -3.36. The zero-order chi connectivity index (χ0) is 17.5. The van der Waals surface area contributed by atoms with Crippen LogP contribution in [-0.2, 0) is 10.0 Å². The molecule has 3 rings (SSSR count). The molecule has 0 amide bonds. The van der Waals surface area contributed by atoms with Crippen LogP contribution in [0.5, 0.6) is 0 Å². The molecule has 140 valence electrons. The Balaban J connectivity index is 1.36. The zero-order valence-corrected chi connectivity index (χ0v) is 15.9. The summed E-state index contributed by atoms with van der Waals surface area (Å²) >= 11 is 0. The molecule has 2 N–H and O–H groups in total. The summed E-state index contributed by atoms with van der Waals surface area (Å²) in [6.45, 7) is 1.72. The Kier molecular flexibility index (Phi) is 6.91. The second kappa shape index (κ2) is 9.15. The monoisotopic (exact) mass is 364 g/mol. The second-order valence-electron chi connectivity index (χ2n) is 7.79. The fourth-order valence-electron chi connectivity index (χ4n) is 4.19. The molecule has 0 bridgehead atoms. The van der Waals surface area contributed by atoms with Crippen molar-refractivity contribution in [2.24, 2.45) is 11.8 Å². The van der Waals surface area contributed by atoms with Crippen LogP contribution in [-0.4, -0.2) is 27.5 Å². The molecule has 0 saturated heterocycles. The van der Waals surface area contributed by atoms with Crippen molar-refractivity contribution in [3.05, 3.63) is 30.3 Å². The average molecular weight is 365 g/mol. The zero-order valence-electron chi connectivity index (χ0n) is 15.1. The van der Waals surface area contributed by atoms with Gasteiger partial charge in [-0.15, -0.1) is 0 Å². The maximum absolute atomic E-state index is 12.3. The molecule has 1 aromatic carbocycles. The van der Waals surface area contributed by atoms with E-state index in [1.54, 1.807) is 24.3 Å². The molecule has 25 heavy (non-hydrogen) atoms. The van der Waals surface area contributed by atoms with Crippen molar-refractivity contribution in [3.8, 4) is 0 Å². The normalized spacial score (nSPS) is 25.8. The highest BCUT2D eigenvalue weighted by Gasteiger charge is 2.24.